The summed E-state index contributed by atoms with van der Waals surface area (Å²) in [5.74, 6) is 0. The van der Waals surface area contributed by atoms with Crippen LogP contribution in [-0.2, 0) is 0 Å². The summed E-state index contributed by atoms with van der Waals surface area (Å²) >= 11 is 0. The molecule has 0 spiro atoms. The number of halogens is 1. The van der Waals surface area contributed by atoms with E-state index < -0.39 is 0 Å². The molecule has 0 amide bonds. The third-order valence-corrected chi connectivity index (χ3v) is 4.09. The molecule has 0 aromatic heterocycles. The zero-order chi connectivity index (χ0) is 15.1. The summed E-state index contributed by atoms with van der Waals surface area (Å²) in [5, 5.41) is 0. The van der Waals surface area contributed by atoms with Gasteiger partial charge in [0.05, 0.1) is 13.8 Å². The van der Waals surface area contributed by atoms with Gasteiger partial charge in [-0.05, 0) is 0 Å². The molecule has 4 nitrogen and oxygen atoms in total. The summed E-state index contributed by atoms with van der Waals surface area (Å²) in [5.41, 5.74) is 0. The van der Waals surface area contributed by atoms with Crippen molar-refractivity contribution in [1.82, 2.24) is 0 Å². The van der Waals surface area contributed by atoms with Crippen LogP contribution in [0.2, 0.25) is 0 Å². The molecule has 2 unspecified atom stereocenters. The minimum absolute atomic E-state index is 0. The number of hydrogen-bond donors (Lipinski definition) is 0. The first-order valence-electron chi connectivity index (χ1n) is 7.83. The highest BCUT2D eigenvalue weighted by molar-refractivity contribution is 6.11. The van der Waals surface area contributed by atoms with Gasteiger partial charge in [-0.3, -0.25) is 0 Å². The van der Waals surface area contributed by atoms with Gasteiger partial charge in [0.25, 0.3) is 0 Å². The first-order valence-corrected chi connectivity index (χ1v) is 7.83. The number of hydrogen-bond acceptors (Lipinski definition) is 0. The van der Waals surface area contributed by atoms with E-state index in [9.17, 15) is 0 Å². The van der Waals surface area contributed by atoms with Gasteiger partial charge in [-0.25, -0.2) is 0 Å². The molecule has 27 heavy (non-hydrogen) atoms. The Morgan fingerprint density at radius 3 is 1.00 bits per heavy atom. The summed E-state index contributed by atoms with van der Waals surface area (Å²) in [4.78, 5) is 0. The molecule has 0 aliphatic carbocycles. The molecule has 2 rings (SSSR count). The minimum Gasteiger partial charge on any atom is -1.00 e. The number of rotatable bonds is 4. The van der Waals surface area contributed by atoms with E-state index in [4.69, 9.17) is 0 Å². The molecule has 0 bridgehead atoms. The minimum atomic E-state index is 0. The molecule has 0 aromatic carbocycles. The van der Waals surface area contributed by atoms with Gasteiger partial charge in [0.15, 0.2) is 0 Å². The highest BCUT2D eigenvalue weighted by Crippen LogP contribution is 1.96. The van der Waals surface area contributed by atoms with E-state index in [1.165, 1.54) is 25.9 Å². The van der Waals surface area contributed by atoms with Gasteiger partial charge in [-0.1, -0.05) is 58.4 Å². The van der Waals surface area contributed by atoms with Gasteiger partial charge in [-0.15, -0.1) is 0 Å². The first-order chi connectivity index (χ1) is 9.51. The maximum atomic E-state index is 2.35. The van der Waals surface area contributed by atoms with Crippen molar-refractivity contribution in [3.63, 3.8) is 0 Å². The topological polar surface area (TPSA) is 12.0 Å². The lowest BCUT2D eigenvalue weighted by Crippen LogP contribution is -3.00. The maximum Gasteiger partial charge on any atom is 0.339 e. The molecule has 0 aromatic rings. The third kappa shape index (κ3) is 13.7. The fraction of sp³-hybridized carbons (Fsp3) is 0.818. The molecule has 0 saturated carbocycles. The summed E-state index contributed by atoms with van der Waals surface area (Å²) in [7, 11) is 4.22. The largest absolute Gasteiger partial charge is 1.00 e. The Labute approximate surface area is 180 Å². The molecule has 2 heterocycles. The maximum absolute atomic E-state index is 2.35. The Bertz CT molecular complexity index is 409. The van der Waals surface area contributed by atoms with Crippen LogP contribution in [0.1, 0.15) is 85.1 Å². The van der Waals surface area contributed by atoms with Gasteiger partial charge >= 0.3 is 12.3 Å². The van der Waals surface area contributed by atoms with Crippen LogP contribution in [0.3, 0.4) is 0 Å². The average molecular weight is 412 g/mol. The summed E-state index contributed by atoms with van der Waals surface area (Å²) < 4.78 is 9.13. The second kappa shape index (κ2) is 23.0. The van der Waals surface area contributed by atoms with E-state index in [1.807, 2.05) is 0 Å². The molecular weight excluding hydrogens is 356 g/mol. The van der Waals surface area contributed by atoms with Gasteiger partial charge in [0.2, 0.25) is 24.9 Å². The highest BCUT2D eigenvalue weighted by atomic mass is 35.5. The third-order valence-electron chi connectivity index (χ3n) is 4.09. The Kier molecular flexibility index (Phi) is 38.3. The van der Waals surface area contributed by atoms with Crippen LogP contribution in [-0.4, -0.2) is 82.7 Å². The van der Waals surface area contributed by atoms with Crippen molar-refractivity contribution in [3.8, 4) is 0 Å². The first kappa shape index (κ1) is 45.0. The Morgan fingerprint density at radius 1 is 0.593 bits per heavy atom. The summed E-state index contributed by atoms with van der Waals surface area (Å²) in [6.07, 6.45) is 12.1. The normalized spacial score (nSPS) is 18.1. The van der Waals surface area contributed by atoms with Crippen molar-refractivity contribution in [2.75, 3.05) is 27.2 Å². The highest BCUT2D eigenvalue weighted by Gasteiger charge is 2.27. The Morgan fingerprint density at radius 2 is 0.852 bits per heavy atom. The van der Waals surface area contributed by atoms with E-state index >= 15 is 0 Å². The SMILES string of the molecule is C.C.C.C.C.C.CCC[N+]1=CC=[N+](C)C1C.CCC[N+]1=CC=[N+](C)C1C.[Cl-]. The van der Waals surface area contributed by atoms with E-state index in [1.54, 1.807) is 0 Å². The number of nitrogens with zero attached hydrogens (tertiary/aromatic N) is 4. The van der Waals surface area contributed by atoms with Gasteiger partial charge < -0.3 is 12.4 Å². The molecule has 2 aliphatic rings. The smallest absolute Gasteiger partial charge is 0.339 e. The van der Waals surface area contributed by atoms with Crippen LogP contribution in [0, 0.1) is 0 Å². The Hall–Kier alpha value is -1.03. The lowest BCUT2D eigenvalue weighted by atomic mass is 10.4. The molecule has 168 valence electrons. The molecule has 5 heteroatoms. The van der Waals surface area contributed by atoms with Crippen molar-refractivity contribution < 1.29 is 30.7 Å². The van der Waals surface area contributed by atoms with E-state index in [0.717, 1.165) is 0 Å². The van der Waals surface area contributed by atoms with Crippen LogP contribution in [0.5, 0.6) is 0 Å². The lowest BCUT2D eigenvalue weighted by molar-refractivity contribution is -0.746. The quantitative estimate of drug-likeness (QED) is 0.626. The van der Waals surface area contributed by atoms with Crippen molar-refractivity contribution in [2.24, 2.45) is 0 Å². The van der Waals surface area contributed by atoms with E-state index in [-0.39, 0.29) is 57.0 Å². The summed E-state index contributed by atoms with van der Waals surface area (Å²) in [6.45, 7) is 11.2. The van der Waals surface area contributed by atoms with Crippen molar-refractivity contribution in [3.05, 3.63) is 0 Å². The molecule has 2 aliphatic heterocycles. The van der Waals surface area contributed by atoms with E-state index in [2.05, 4.69) is 85.0 Å². The predicted octanol–water partition coefficient (Wildman–Crippen LogP) is 1.93. The van der Waals surface area contributed by atoms with Crippen molar-refractivity contribution in [1.29, 1.82) is 0 Å². The molecule has 0 saturated heterocycles. The molecule has 0 fully saturated rings. The van der Waals surface area contributed by atoms with Crippen LogP contribution in [0.15, 0.2) is 0 Å². The van der Waals surface area contributed by atoms with Gasteiger partial charge in [0.1, 0.15) is 27.2 Å². The van der Waals surface area contributed by atoms with Gasteiger partial charge in [0, 0.05) is 12.8 Å². The second-order valence-corrected chi connectivity index (χ2v) is 5.67. The zero-order valence-electron chi connectivity index (χ0n) is 14.5. The van der Waals surface area contributed by atoms with Crippen LogP contribution in [0.4, 0.5) is 0 Å². The average Bonchev–Trinajstić information content (AvgIpc) is 2.91. The Balaban J connectivity index is -0.0000000471. The molecule has 0 radical (unpaired) electrons. The van der Waals surface area contributed by atoms with E-state index in [0.29, 0.717) is 12.3 Å². The monoisotopic (exact) mass is 411 g/mol. The summed E-state index contributed by atoms with van der Waals surface area (Å²) in [6, 6.07) is 0. The van der Waals surface area contributed by atoms with Crippen LogP contribution in [0.25, 0.3) is 0 Å². The van der Waals surface area contributed by atoms with Gasteiger partial charge in [-0.2, -0.15) is 18.3 Å². The predicted molar refractivity (Wildman–Crippen MR) is 127 cm³/mol. The van der Waals surface area contributed by atoms with Crippen molar-refractivity contribution >= 4 is 24.9 Å². The fourth-order valence-electron chi connectivity index (χ4n) is 2.39. The fourth-order valence-corrected chi connectivity index (χ4v) is 2.39. The molecular formula is C22H56ClN4+3. The standard InChI is InChI=1S/2C8H16N2.6CH4.ClH/c2*1-4-5-10-7-6-9(3)8(10)2;;;;;;;/h2*6-8H,4-5H2,1-3H3;6*1H4;1H/q2*+2;;;;;;;/p-1. The van der Waals surface area contributed by atoms with Crippen LogP contribution >= 0.6 is 0 Å². The zero-order valence-corrected chi connectivity index (χ0v) is 15.2. The molecule has 0 N–H and O–H groups in total. The molecule has 2 atom stereocenters. The lowest BCUT2D eigenvalue weighted by Gasteiger charge is -1.99. The van der Waals surface area contributed by atoms with Crippen molar-refractivity contribution in [2.45, 2.75) is 97.4 Å². The second-order valence-electron chi connectivity index (χ2n) is 5.67. The van der Waals surface area contributed by atoms with Crippen LogP contribution < -0.4 is 12.4 Å².